The molecule has 0 bridgehead atoms. The smallest absolute Gasteiger partial charge is 0.220 e. The van der Waals surface area contributed by atoms with Crippen LogP contribution in [-0.4, -0.2) is 17.7 Å². The third-order valence-corrected chi connectivity index (χ3v) is 3.87. The third-order valence-electron chi connectivity index (χ3n) is 2.60. The topological polar surface area (TPSA) is 46.2 Å². The summed E-state index contributed by atoms with van der Waals surface area (Å²) in [4.78, 5) is 23.7. The average molecular weight is 272 g/mol. The lowest BCUT2D eigenvalue weighted by Gasteiger charge is -2.02. The van der Waals surface area contributed by atoms with E-state index < -0.39 is 0 Å². The summed E-state index contributed by atoms with van der Waals surface area (Å²) in [5.41, 5.74) is 0. The number of carbonyl (C=O) groups excluding carboxylic acids is 2. The summed E-state index contributed by atoms with van der Waals surface area (Å²) in [5.74, 6) is 0.130. The van der Waals surface area contributed by atoms with Gasteiger partial charge in [0.2, 0.25) is 5.91 Å². The summed E-state index contributed by atoms with van der Waals surface area (Å²) in [7, 11) is 0. The molecule has 0 spiro atoms. The van der Waals surface area contributed by atoms with Gasteiger partial charge in [-0.05, 0) is 31.4 Å². The van der Waals surface area contributed by atoms with E-state index in [9.17, 15) is 9.59 Å². The van der Waals surface area contributed by atoms with Crippen LogP contribution in [0.4, 0.5) is 0 Å². The molecule has 17 heavy (non-hydrogen) atoms. The average Bonchev–Trinajstić information content (AvgIpc) is 2.97. The lowest BCUT2D eigenvalue weighted by molar-refractivity contribution is -0.121. The maximum absolute atomic E-state index is 11.7. The number of Topliss-reactive ketones (excluding diaryl/α,β-unsaturated/α-hetero) is 1. The van der Waals surface area contributed by atoms with Gasteiger partial charge in [-0.15, -0.1) is 11.3 Å². The molecule has 0 aromatic carbocycles. The van der Waals surface area contributed by atoms with Crippen molar-refractivity contribution < 1.29 is 9.59 Å². The van der Waals surface area contributed by atoms with Crippen molar-refractivity contribution in [2.45, 2.75) is 38.1 Å². The van der Waals surface area contributed by atoms with E-state index in [1.54, 1.807) is 12.1 Å². The van der Waals surface area contributed by atoms with Gasteiger partial charge in [0.15, 0.2) is 5.78 Å². The minimum absolute atomic E-state index is 0.0597. The molecule has 1 fully saturated rings. The van der Waals surface area contributed by atoms with Gasteiger partial charge in [0, 0.05) is 18.9 Å². The van der Waals surface area contributed by atoms with Gasteiger partial charge < -0.3 is 5.32 Å². The fraction of sp³-hybridized carbons (Fsp3) is 0.500. The van der Waals surface area contributed by atoms with E-state index >= 15 is 0 Å². The van der Waals surface area contributed by atoms with Crippen LogP contribution >= 0.6 is 22.9 Å². The minimum atomic E-state index is 0.0597. The first-order chi connectivity index (χ1) is 8.15. The summed E-state index contributed by atoms with van der Waals surface area (Å²) in [6, 6.07) is 3.85. The number of halogens is 1. The Morgan fingerprint density at radius 1 is 1.35 bits per heavy atom. The van der Waals surface area contributed by atoms with E-state index in [4.69, 9.17) is 11.6 Å². The molecule has 92 valence electrons. The molecule has 1 aromatic rings. The normalized spacial score (nSPS) is 14.6. The molecule has 1 aromatic heterocycles. The van der Waals surface area contributed by atoms with Crippen LogP contribution in [-0.2, 0) is 4.79 Å². The molecule has 2 rings (SSSR count). The lowest BCUT2D eigenvalue weighted by atomic mass is 10.1. The number of carbonyl (C=O) groups is 2. The SMILES string of the molecule is O=C(CCCC(=O)c1ccc(Cl)s1)NC1CC1. The number of rotatable bonds is 6. The largest absolute Gasteiger partial charge is 0.353 e. The second kappa shape index (κ2) is 5.65. The highest BCUT2D eigenvalue weighted by Gasteiger charge is 2.22. The first kappa shape index (κ1) is 12.6. The van der Waals surface area contributed by atoms with E-state index in [1.165, 1.54) is 11.3 Å². The Morgan fingerprint density at radius 3 is 2.71 bits per heavy atom. The van der Waals surface area contributed by atoms with Gasteiger partial charge in [-0.1, -0.05) is 11.6 Å². The highest BCUT2D eigenvalue weighted by Crippen LogP contribution is 2.23. The van der Waals surface area contributed by atoms with Gasteiger partial charge >= 0.3 is 0 Å². The summed E-state index contributed by atoms with van der Waals surface area (Å²) in [5, 5.41) is 2.90. The van der Waals surface area contributed by atoms with Crippen LogP contribution in [0, 0.1) is 0 Å². The van der Waals surface area contributed by atoms with Crippen molar-refractivity contribution in [3.8, 4) is 0 Å². The molecular weight excluding hydrogens is 258 g/mol. The Bertz CT molecular complexity index is 426. The zero-order valence-corrected chi connectivity index (χ0v) is 10.9. The second-order valence-corrected chi connectivity index (χ2v) is 5.94. The maximum Gasteiger partial charge on any atom is 0.220 e. The number of nitrogens with one attached hydrogen (secondary N) is 1. The van der Waals surface area contributed by atoms with Crippen molar-refractivity contribution in [2.75, 3.05) is 0 Å². The van der Waals surface area contributed by atoms with Crippen molar-refractivity contribution in [3.05, 3.63) is 21.3 Å². The van der Waals surface area contributed by atoms with Crippen molar-refractivity contribution in [3.63, 3.8) is 0 Å². The fourth-order valence-corrected chi connectivity index (χ4v) is 2.53. The Kier molecular flexibility index (Phi) is 4.18. The number of ketones is 1. The minimum Gasteiger partial charge on any atom is -0.353 e. The van der Waals surface area contributed by atoms with Crippen molar-refractivity contribution in [2.24, 2.45) is 0 Å². The van der Waals surface area contributed by atoms with Crippen LogP contribution < -0.4 is 5.32 Å². The highest BCUT2D eigenvalue weighted by molar-refractivity contribution is 7.18. The van der Waals surface area contributed by atoms with Crippen LogP contribution in [0.1, 0.15) is 41.8 Å². The highest BCUT2D eigenvalue weighted by atomic mass is 35.5. The van der Waals surface area contributed by atoms with E-state index in [-0.39, 0.29) is 11.7 Å². The van der Waals surface area contributed by atoms with Crippen LogP contribution in [0.25, 0.3) is 0 Å². The van der Waals surface area contributed by atoms with Gasteiger partial charge in [0.25, 0.3) is 0 Å². The molecule has 1 aliphatic rings. The molecular formula is C12H14ClNO2S. The third kappa shape index (κ3) is 4.13. The molecule has 0 aliphatic heterocycles. The number of hydrogen-bond donors (Lipinski definition) is 1. The summed E-state index contributed by atoms with van der Waals surface area (Å²) < 4.78 is 0.625. The fourth-order valence-electron chi connectivity index (χ4n) is 1.52. The van der Waals surface area contributed by atoms with Crippen LogP contribution in [0.15, 0.2) is 12.1 Å². The first-order valence-electron chi connectivity index (χ1n) is 5.73. The van der Waals surface area contributed by atoms with E-state index in [0.717, 1.165) is 12.8 Å². The number of amides is 1. The summed E-state index contributed by atoms with van der Waals surface area (Å²) in [6.07, 6.45) is 3.64. The Labute approximate surface area is 109 Å². The first-order valence-corrected chi connectivity index (χ1v) is 6.92. The van der Waals surface area contributed by atoms with E-state index in [2.05, 4.69) is 5.32 Å². The van der Waals surface area contributed by atoms with Crippen molar-refractivity contribution >= 4 is 34.6 Å². The summed E-state index contributed by atoms with van der Waals surface area (Å²) >= 11 is 7.05. The molecule has 1 saturated carbocycles. The van der Waals surface area contributed by atoms with Gasteiger partial charge in [0.05, 0.1) is 9.21 Å². The van der Waals surface area contributed by atoms with Crippen LogP contribution in [0.5, 0.6) is 0 Å². The number of thiophene rings is 1. The Morgan fingerprint density at radius 2 is 2.12 bits per heavy atom. The van der Waals surface area contributed by atoms with Gasteiger partial charge in [0.1, 0.15) is 0 Å². The second-order valence-electron chi connectivity index (χ2n) is 4.22. The van der Waals surface area contributed by atoms with Crippen molar-refractivity contribution in [1.82, 2.24) is 5.32 Å². The molecule has 1 amide bonds. The molecule has 0 radical (unpaired) electrons. The van der Waals surface area contributed by atoms with Crippen LogP contribution in [0.3, 0.4) is 0 Å². The lowest BCUT2D eigenvalue weighted by Crippen LogP contribution is -2.25. The molecule has 0 saturated heterocycles. The van der Waals surface area contributed by atoms with Crippen molar-refractivity contribution in [1.29, 1.82) is 0 Å². The quantitative estimate of drug-likeness (QED) is 0.809. The monoisotopic (exact) mass is 271 g/mol. The zero-order valence-electron chi connectivity index (χ0n) is 9.37. The standard InChI is InChI=1S/C12H14ClNO2S/c13-11-7-6-10(17-11)9(15)2-1-3-12(16)14-8-4-5-8/h6-8H,1-5H2,(H,14,16). The predicted octanol–water partition coefficient (Wildman–Crippen LogP) is 3.03. The number of hydrogen-bond acceptors (Lipinski definition) is 3. The predicted molar refractivity (Wildman–Crippen MR) is 68.7 cm³/mol. The van der Waals surface area contributed by atoms with E-state index in [0.29, 0.717) is 34.5 Å². The van der Waals surface area contributed by atoms with Gasteiger partial charge in [-0.2, -0.15) is 0 Å². The molecule has 0 atom stereocenters. The molecule has 0 unspecified atom stereocenters. The molecule has 1 N–H and O–H groups in total. The molecule has 3 nitrogen and oxygen atoms in total. The molecule has 1 aliphatic carbocycles. The van der Waals surface area contributed by atoms with Crippen LogP contribution in [0.2, 0.25) is 4.34 Å². The van der Waals surface area contributed by atoms with E-state index in [1.807, 2.05) is 0 Å². The maximum atomic E-state index is 11.7. The Hall–Kier alpha value is -0.870. The molecule has 5 heteroatoms. The Balaban J connectivity index is 1.67. The van der Waals surface area contributed by atoms with Gasteiger partial charge in [-0.25, -0.2) is 0 Å². The summed E-state index contributed by atoms with van der Waals surface area (Å²) in [6.45, 7) is 0. The zero-order chi connectivity index (χ0) is 12.3. The van der Waals surface area contributed by atoms with Gasteiger partial charge in [-0.3, -0.25) is 9.59 Å². The molecule has 1 heterocycles.